The van der Waals surface area contributed by atoms with Crippen LogP contribution in [0.4, 0.5) is 5.69 Å². The van der Waals surface area contributed by atoms with Crippen LogP contribution < -0.4 is 4.90 Å². The lowest BCUT2D eigenvalue weighted by molar-refractivity contribution is -0.131. The molecule has 0 unspecified atom stereocenters. The summed E-state index contributed by atoms with van der Waals surface area (Å²) < 4.78 is 0. The first kappa shape index (κ1) is 16.2. The molecule has 1 aromatic rings. The molecule has 4 heteroatoms. The van der Waals surface area contributed by atoms with Gasteiger partial charge in [0, 0.05) is 24.9 Å². The molecule has 0 saturated heterocycles. The van der Waals surface area contributed by atoms with Crippen LogP contribution in [0.2, 0.25) is 0 Å². The van der Waals surface area contributed by atoms with Gasteiger partial charge in [-0.3, -0.25) is 0 Å². The van der Waals surface area contributed by atoms with Crippen molar-refractivity contribution in [1.29, 1.82) is 0 Å². The van der Waals surface area contributed by atoms with Crippen molar-refractivity contribution in [2.75, 3.05) is 24.6 Å². The fourth-order valence-corrected chi connectivity index (χ4v) is 2.06. The Morgan fingerprint density at radius 2 is 2.10 bits per heavy atom. The lowest BCUT2D eigenvalue weighted by atomic mass is 10.0. The van der Waals surface area contributed by atoms with Crippen LogP contribution in [0.3, 0.4) is 0 Å². The van der Waals surface area contributed by atoms with Crippen molar-refractivity contribution in [3.05, 3.63) is 41.5 Å². The van der Waals surface area contributed by atoms with Gasteiger partial charge in [0.25, 0.3) is 0 Å². The molecule has 0 radical (unpaired) electrons. The topological polar surface area (TPSA) is 60.8 Å². The summed E-state index contributed by atoms with van der Waals surface area (Å²) in [5.41, 5.74) is 2.98. The molecule has 0 atom stereocenters. The number of rotatable bonds is 7. The van der Waals surface area contributed by atoms with Crippen LogP contribution >= 0.6 is 0 Å². The van der Waals surface area contributed by atoms with E-state index in [4.69, 9.17) is 5.11 Å². The zero-order chi connectivity index (χ0) is 15.1. The Hall–Kier alpha value is -1.81. The number of carboxylic acids is 1. The number of hydrogen-bond donors (Lipinski definition) is 2. The number of nitrogens with zero attached hydrogens (tertiary/aromatic N) is 1. The molecule has 4 nitrogen and oxygen atoms in total. The molecule has 0 heterocycles. The van der Waals surface area contributed by atoms with Crippen molar-refractivity contribution in [2.45, 2.75) is 26.7 Å². The van der Waals surface area contributed by atoms with E-state index in [9.17, 15) is 9.90 Å². The predicted octanol–water partition coefficient (Wildman–Crippen LogP) is 2.64. The molecule has 0 aliphatic carbocycles. The van der Waals surface area contributed by atoms with Crippen LogP contribution in [0.25, 0.3) is 0 Å². The molecule has 0 aromatic heterocycles. The minimum Gasteiger partial charge on any atom is -0.478 e. The van der Waals surface area contributed by atoms with E-state index in [2.05, 4.69) is 26.0 Å². The minimum atomic E-state index is -0.942. The quantitative estimate of drug-likeness (QED) is 0.752. The van der Waals surface area contributed by atoms with Crippen LogP contribution in [0.15, 0.2) is 35.9 Å². The Labute approximate surface area is 120 Å². The van der Waals surface area contributed by atoms with Crippen LogP contribution in [0.5, 0.6) is 0 Å². The molecular formula is C16H23NO3. The van der Waals surface area contributed by atoms with Gasteiger partial charge in [-0.05, 0) is 36.1 Å². The molecular weight excluding hydrogens is 254 g/mol. The van der Waals surface area contributed by atoms with Crippen molar-refractivity contribution in [3.63, 3.8) is 0 Å². The van der Waals surface area contributed by atoms with E-state index in [-0.39, 0.29) is 6.61 Å². The largest absolute Gasteiger partial charge is 0.478 e. The fraction of sp³-hybridized carbons (Fsp3) is 0.438. The number of aliphatic carboxylic acids is 1. The zero-order valence-electron chi connectivity index (χ0n) is 12.3. The lowest BCUT2D eigenvalue weighted by Gasteiger charge is -2.25. The molecule has 0 aliphatic heterocycles. The van der Waals surface area contributed by atoms with Gasteiger partial charge in [-0.15, -0.1) is 0 Å². The number of benzene rings is 1. The van der Waals surface area contributed by atoms with E-state index in [0.29, 0.717) is 19.0 Å². The van der Waals surface area contributed by atoms with Gasteiger partial charge in [0.2, 0.25) is 0 Å². The average Bonchev–Trinajstić information content (AvgIpc) is 2.37. The predicted molar refractivity (Wildman–Crippen MR) is 81.2 cm³/mol. The van der Waals surface area contributed by atoms with Crippen molar-refractivity contribution in [2.24, 2.45) is 0 Å². The Kier molecular flexibility index (Phi) is 6.25. The summed E-state index contributed by atoms with van der Waals surface area (Å²) in [6.07, 6.45) is 1.21. The number of anilines is 1. The van der Waals surface area contributed by atoms with E-state index >= 15 is 0 Å². The molecule has 0 spiro atoms. The van der Waals surface area contributed by atoms with E-state index in [1.54, 1.807) is 6.92 Å². The average molecular weight is 277 g/mol. The second-order valence-electron chi connectivity index (χ2n) is 5.22. The Balaban J connectivity index is 2.95. The highest BCUT2D eigenvalue weighted by Crippen LogP contribution is 2.22. The molecule has 0 fully saturated rings. The third kappa shape index (κ3) is 5.05. The second-order valence-corrected chi connectivity index (χ2v) is 5.22. The van der Waals surface area contributed by atoms with Gasteiger partial charge in [0.15, 0.2) is 0 Å². The third-order valence-electron chi connectivity index (χ3n) is 3.08. The SMILES string of the molecule is C/C(=C\C(=O)O)CN(CCO)c1cccc(C(C)C)c1. The molecule has 0 bridgehead atoms. The second kappa shape index (κ2) is 7.70. The van der Waals surface area contributed by atoms with Gasteiger partial charge in [-0.1, -0.05) is 26.0 Å². The highest BCUT2D eigenvalue weighted by atomic mass is 16.4. The van der Waals surface area contributed by atoms with Gasteiger partial charge in [0.1, 0.15) is 0 Å². The van der Waals surface area contributed by atoms with Crippen LogP contribution in [-0.2, 0) is 4.79 Å². The third-order valence-corrected chi connectivity index (χ3v) is 3.08. The first-order chi connectivity index (χ1) is 9.43. The highest BCUT2D eigenvalue weighted by Gasteiger charge is 2.09. The molecule has 0 aliphatic rings. The molecule has 0 amide bonds. The monoisotopic (exact) mass is 277 g/mol. The summed E-state index contributed by atoms with van der Waals surface area (Å²) in [6.45, 7) is 7.05. The van der Waals surface area contributed by atoms with Gasteiger partial charge in [-0.2, -0.15) is 0 Å². The van der Waals surface area contributed by atoms with Crippen molar-refractivity contribution < 1.29 is 15.0 Å². The van der Waals surface area contributed by atoms with Gasteiger partial charge >= 0.3 is 5.97 Å². The molecule has 2 N–H and O–H groups in total. The molecule has 20 heavy (non-hydrogen) atoms. The number of carboxylic acid groups (broad SMARTS) is 1. The van der Waals surface area contributed by atoms with E-state index < -0.39 is 5.97 Å². The van der Waals surface area contributed by atoms with Crippen LogP contribution in [0, 0.1) is 0 Å². The number of aliphatic hydroxyl groups excluding tert-OH is 1. The standard InChI is InChI=1S/C16H23NO3/c1-12(2)14-5-4-6-15(10-14)17(7-8-18)11-13(3)9-16(19)20/h4-6,9-10,12,18H,7-8,11H2,1-3H3,(H,19,20)/b13-9+. The molecule has 0 saturated carbocycles. The van der Waals surface area contributed by atoms with E-state index in [1.807, 2.05) is 17.0 Å². The van der Waals surface area contributed by atoms with Crippen molar-refractivity contribution in [3.8, 4) is 0 Å². The van der Waals surface area contributed by atoms with Crippen molar-refractivity contribution in [1.82, 2.24) is 0 Å². The van der Waals surface area contributed by atoms with E-state index in [0.717, 1.165) is 11.3 Å². The number of hydrogen-bond acceptors (Lipinski definition) is 3. The fourth-order valence-electron chi connectivity index (χ4n) is 2.06. The summed E-state index contributed by atoms with van der Waals surface area (Å²) in [6, 6.07) is 8.14. The van der Waals surface area contributed by atoms with Crippen LogP contribution in [0.1, 0.15) is 32.3 Å². The first-order valence-electron chi connectivity index (χ1n) is 6.80. The normalized spacial score (nSPS) is 11.8. The Morgan fingerprint density at radius 3 is 2.65 bits per heavy atom. The first-order valence-corrected chi connectivity index (χ1v) is 6.80. The Bertz CT molecular complexity index is 480. The van der Waals surface area contributed by atoms with Crippen LogP contribution in [-0.4, -0.2) is 35.9 Å². The minimum absolute atomic E-state index is 0.0340. The van der Waals surface area contributed by atoms with Gasteiger partial charge in [-0.25, -0.2) is 4.79 Å². The summed E-state index contributed by atoms with van der Waals surface area (Å²) in [7, 11) is 0. The molecule has 1 rings (SSSR count). The van der Waals surface area contributed by atoms with Gasteiger partial charge < -0.3 is 15.1 Å². The van der Waals surface area contributed by atoms with Crippen molar-refractivity contribution >= 4 is 11.7 Å². The molecule has 110 valence electrons. The number of carbonyl (C=O) groups is 1. The summed E-state index contributed by atoms with van der Waals surface area (Å²) in [4.78, 5) is 12.7. The zero-order valence-corrected chi connectivity index (χ0v) is 12.3. The summed E-state index contributed by atoms with van der Waals surface area (Å²) >= 11 is 0. The summed E-state index contributed by atoms with van der Waals surface area (Å²) in [5.74, 6) is -0.510. The smallest absolute Gasteiger partial charge is 0.328 e. The lowest BCUT2D eigenvalue weighted by Crippen LogP contribution is -2.28. The number of aliphatic hydroxyl groups is 1. The highest BCUT2D eigenvalue weighted by molar-refractivity contribution is 5.80. The summed E-state index contributed by atoms with van der Waals surface area (Å²) in [5, 5.41) is 18.0. The Morgan fingerprint density at radius 1 is 1.40 bits per heavy atom. The maximum absolute atomic E-state index is 10.7. The maximum atomic E-state index is 10.7. The van der Waals surface area contributed by atoms with Gasteiger partial charge in [0.05, 0.1) is 6.61 Å². The molecule has 1 aromatic carbocycles. The maximum Gasteiger partial charge on any atom is 0.328 e. The van der Waals surface area contributed by atoms with E-state index in [1.165, 1.54) is 11.6 Å².